The molecule has 21 heavy (non-hydrogen) atoms. The molecule has 4 nitrogen and oxygen atoms in total. The summed E-state index contributed by atoms with van der Waals surface area (Å²) in [6.45, 7) is 18.5. The van der Waals surface area contributed by atoms with Crippen LogP contribution >= 0.6 is 0 Å². The van der Waals surface area contributed by atoms with Crippen LogP contribution in [0.1, 0.15) is 26.7 Å². The Hall–Kier alpha value is -0.160. The summed E-state index contributed by atoms with van der Waals surface area (Å²) >= 11 is 0. The van der Waals surface area contributed by atoms with Crippen LogP contribution in [-0.2, 0) is 0 Å². The van der Waals surface area contributed by atoms with Crippen molar-refractivity contribution in [3.8, 4) is 0 Å². The van der Waals surface area contributed by atoms with Crippen LogP contribution in [0.3, 0.4) is 0 Å². The Labute approximate surface area is 132 Å². The number of rotatable bonds is 7. The molecule has 0 bridgehead atoms. The summed E-state index contributed by atoms with van der Waals surface area (Å²) in [5, 5.41) is 0. The number of hydrogen-bond donors (Lipinski definition) is 0. The van der Waals surface area contributed by atoms with Gasteiger partial charge in [0, 0.05) is 45.8 Å². The van der Waals surface area contributed by atoms with Gasteiger partial charge in [0.05, 0.1) is 0 Å². The highest BCUT2D eigenvalue weighted by atomic mass is 15.3. The largest absolute Gasteiger partial charge is 0.305 e. The van der Waals surface area contributed by atoms with Gasteiger partial charge in [-0.2, -0.15) is 0 Å². The zero-order valence-electron chi connectivity index (χ0n) is 14.6. The predicted molar refractivity (Wildman–Crippen MR) is 90.9 cm³/mol. The van der Waals surface area contributed by atoms with Gasteiger partial charge in [-0.1, -0.05) is 13.8 Å². The number of hydrogen-bond acceptors (Lipinski definition) is 4. The second-order valence-corrected chi connectivity index (χ2v) is 6.92. The standard InChI is InChI=1S/C17H36N4/c1-4-18(3)10-11-20-12-14-21(15-13-20)16-17-6-8-19(5-2)9-7-17/h17H,4-16H2,1-3H3. The lowest BCUT2D eigenvalue weighted by Crippen LogP contribution is -2.50. The Kier molecular flexibility index (Phi) is 7.44. The molecule has 2 aliphatic heterocycles. The van der Waals surface area contributed by atoms with Crippen molar-refractivity contribution in [1.82, 2.24) is 19.6 Å². The van der Waals surface area contributed by atoms with Crippen molar-refractivity contribution in [2.24, 2.45) is 5.92 Å². The van der Waals surface area contributed by atoms with Gasteiger partial charge in [-0.3, -0.25) is 4.90 Å². The molecule has 0 spiro atoms. The molecular formula is C17H36N4. The van der Waals surface area contributed by atoms with E-state index in [1.165, 1.54) is 78.3 Å². The van der Waals surface area contributed by atoms with E-state index in [2.05, 4.69) is 40.5 Å². The predicted octanol–water partition coefficient (Wildman–Crippen LogP) is 1.29. The average molecular weight is 297 g/mol. The van der Waals surface area contributed by atoms with Crippen LogP contribution in [-0.4, -0.2) is 98.6 Å². The van der Waals surface area contributed by atoms with Crippen molar-refractivity contribution in [2.45, 2.75) is 26.7 Å². The maximum absolute atomic E-state index is 2.71. The summed E-state index contributed by atoms with van der Waals surface area (Å²) in [6.07, 6.45) is 2.82. The number of likely N-dealkylation sites (N-methyl/N-ethyl adjacent to an activating group) is 1. The number of piperidine rings is 1. The highest BCUT2D eigenvalue weighted by Crippen LogP contribution is 2.18. The monoisotopic (exact) mass is 296 g/mol. The van der Waals surface area contributed by atoms with E-state index in [1.54, 1.807) is 0 Å². The van der Waals surface area contributed by atoms with Crippen LogP contribution in [0.5, 0.6) is 0 Å². The summed E-state index contributed by atoms with van der Waals surface area (Å²) in [6, 6.07) is 0. The van der Waals surface area contributed by atoms with E-state index < -0.39 is 0 Å². The first-order valence-electron chi connectivity index (χ1n) is 9.06. The van der Waals surface area contributed by atoms with Crippen molar-refractivity contribution in [3.63, 3.8) is 0 Å². The molecular weight excluding hydrogens is 260 g/mol. The summed E-state index contributed by atoms with van der Waals surface area (Å²) in [4.78, 5) is 10.4. The third kappa shape index (κ3) is 5.85. The van der Waals surface area contributed by atoms with Crippen LogP contribution in [0.25, 0.3) is 0 Å². The molecule has 2 aliphatic rings. The first-order chi connectivity index (χ1) is 10.2. The van der Waals surface area contributed by atoms with Gasteiger partial charge < -0.3 is 14.7 Å². The molecule has 2 rings (SSSR count). The van der Waals surface area contributed by atoms with Crippen molar-refractivity contribution >= 4 is 0 Å². The van der Waals surface area contributed by atoms with E-state index in [-0.39, 0.29) is 0 Å². The van der Waals surface area contributed by atoms with Gasteiger partial charge in [0.25, 0.3) is 0 Å². The lowest BCUT2D eigenvalue weighted by Gasteiger charge is -2.39. The maximum atomic E-state index is 2.71. The molecule has 0 aromatic rings. The van der Waals surface area contributed by atoms with Crippen molar-refractivity contribution in [3.05, 3.63) is 0 Å². The van der Waals surface area contributed by atoms with Gasteiger partial charge in [-0.25, -0.2) is 0 Å². The van der Waals surface area contributed by atoms with Gasteiger partial charge >= 0.3 is 0 Å². The molecule has 2 saturated heterocycles. The van der Waals surface area contributed by atoms with Gasteiger partial charge in [0.2, 0.25) is 0 Å². The third-order valence-electron chi connectivity index (χ3n) is 5.47. The molecule has 4 heteroatoms. The van der Waals surface area contributed by atoms with Crippen LogP contribution in [0.2, 0.25) is 0 Å². The minimum atomic E-state index is 0.950. The fourth-order valence-corrected chi connectivity index (χ4v) is 3.52. The first kappa shape index (κ1) is 17.2. The van der Waals surface area contributed by atoms with E-state index >= 15 is 0 Å². The quantitative estimate of drug-likeness (QED) is 0.702. The second-order valence-electron chi connectivity index (χ2n) is 6.92. The molecule has 0 unspecified atom stereocenters. The molecule has 124 valence electrons. The van der Waals surface area contributed by atoms with Gasteiger partial charge in [-0.05, 0) is 52.0 Å². The summed E-state index contributed by atoms with van der Waals surface area (Å²) in [5.41, 5.74) is 0. The third-order valence-corrected chi connectivity index (χ3v) is 5.47. The number of nitrogens with zero attached hydrogens (tertiary/aromatic N) is 4. The van der Waals surface area contributed by atoms with Crippen molar-refractivity contribution < 1.29 is 0 Å². The average Bonchev–Trinajstić information content (AvgIpc) is 2.54. The van der Waals surface area contributed by atoms with Gasteiger partial charge in [-0.15, -0.1) is 0 Å². The first-order valence-corrected chi connectivity index (χ1v) is 9.06. The maximum Gasteiger partial charge on any atom is 0.0110 e. The van der Waals surface area contributed by atoms with Crippen LogP contribution in [0.4, 0.5) is 0 Å². The Morgan fingerprint density at radius 2 is 1.48 bits per heavy atom. The molecule has 0 aliphatic carbocycles. The molecule has 2 heterocycles. The second kappa shape index (κ2) is 9.09. The summed E-state index contributed by atoms with van der Waals surface area (Å²) in [5.74, 6) is 0.950. The fourth-order valence-electron chi connectivity index (χ4n) is 3.52. The van der Waals surface area contributed by atoms with E-state index in [0.29, 0.717) is 0 Å². The van der Waals surface area contributed by atoms with E-state index in [0.717, 1.165) is 12.5 Å². The van der Waals surface area contributed by atoms with Crippen LogP contribution < -0.4 is 0 Å². The summed E-state index contributed by atoms with van der Waals surface area (Å²) < 4.78 is 0. The van der Waals surface area contributed by atoms with Crippen LogP contribution in [0, 0.1) is 5.92 Å². The normalized spacial score (nSPS) is 24.0. The topological polar surface area (TPSA) is 13.0 Å². The molecule has 2 fully saturated rings. The van der Waals surface area contributed by atoms with Crippen LogP contribution in [0.15, 0.2) is 0 Å². The molecule has 0 aromatic carbocycles. The van der Waals surface area contributed by atoms with E-state index in [9.17, 15) is 0 Å². The van der Waals surface area contributed by atoms with E-state index in [1.807, 2.05) is 0 Å². The lowest BCUT2D eigenvalue weighted by molar-refractivity contribution is 0.0919. The Morgan fingerprint density at radius 3 is 2.05 bits per heavy atom. The molecule has 0 N–H and O–H groups in total. The molecule has 0 aromatic heterocycles. The molecule has 0 radical (unpaired) electrons. The Morgan fingerprint density at radius 1 is 0.857 bits per heavy atom. The zero-order valence-corrected chi connectivity index (χ0v) is 14.6. The SMILES string of the molecule is CCN(C)CCN1CCN(CC2CCN(CC)CC2)CC1. The van der Waals surface area contributed by atoms with Crippen molar-refractivity contribution in [2.75, 3.05) is 79.0 Å². The Balaban J connectivity index is 1.59. The smallest absolute Gasteiger partial charge is 0.0110 e. The Bertz CT molecular complexity index is 268. The molecule has 0 amide bonds. The zero-order chi connectivity index (χ0) is 15.1. The molecule has 0 atom stereocenters. The highest BCUT2D eigenvalue weighted by molar-refractivity contribution is 4.78. The number of piperazine rings is 1. The van der Waals surface area contributed by atoms with Gasteiger partial charge in [0.15, 0.2) is 0 Å². The van der Waals surface area contributed by atoms with Gasteiger partial charge in [0.1, 0.15) is 0 Å². The summed E-state index contributed by atoms with van der Waals surface area (Å²) in [7, 11) is 2.22. The lowest BCUT2D eigenvalue weighted by atomic mass is 9.96. The van der Waals surface area contributed by atoms with E-state index in [4.69, 9.17) is 0 Å². The fraction of sp³-hybridized carbons (Fsp3) is 1.00. The minimum Gasteiger partial charge on any atom is -0.305 e. The molecule has 0 saturated carbocycles. The van der Waals surface area contributed by atoms with Crippen molar-refractivity contribution in [1.29, 1.82) is 0 Å². The highest BCUT2D eigenvalue weighted by Gasteiger charge is 2.23. The minimum absolute atomic E-state index is 0.950. The number of likely N-dealkylation sites (tertiary alicyclic amines) is 1.